The van der Waals surface area contributed by atoms with Crippen molar-refractivity contribution in [2.24, 2.45) is 5.73 Å². The molecular weight excluding hydrogens is 270 g/mol. The van der Waals surface area contributed by atoms with Gasteiger partial charge >= 0.3 is 0 Å². The second kappa shape index (κ2) is 6.38. The van der Waals surface area contributed by atoms with E-state index >= 15 is 0 Å². The molecule has 0 fully saturated rings. The number of benzene rings is 1. The summed E-state index contributed by atoms with van der Waals surface area (Å²) in [4.78, 5) is 6.94. The molecule has 0 radical (unpaired) electrons. The van der Waals surface area contributed by atoms with Crippen LogP contribution in [0.1, 0.15) is 17.8 Å². The summed E-state index contributed by atoms with van der Waals surface area (Å²) in [6.45, 7) is 4.44. The van der Waals surface area contributed by atoms with Crippen LogP contribution in [0.15, 0.2) is 30.3 Å². The Morgan fingerprint density at radius 1 is 1.15 bits per heavy atom. The zero-order valence-electron chi connectivity index (χ0n) is 11.6. The van der Waals surface area contributed by atoms with Gasteiger partial charge in [-0.25, -0.2) is 4.98 Å². The lowest BCUT2D eigenvalue weighted by Gasteiger charge is -2.22. The van der Waals surface area contributed by atoms with Crippen molar-refractivity contribution in [2.75, 3.05) is 11.4 Å². The van der Waals surface area contributed by atoms with Crippen LogP contribution >= 0.6 is 12.2 Å². The van der Waals surface area contributed by atoms with Gasteiger partial charge in [0.1, 0.15) is 0 Å². The van der Waals surface area contributed by atoms with Gasteiger partial charge in [-0.05, 0) is 26.0 Å². The van der Waals surface area contributed by atoms with Crippen LogP contribution in [0.4, 0.5) is 11.6 Å². The molecule has 0 aliphatic carbocycles. The first kappa shape index (κ1) is 14.3. The highest BCUT2D eigenvalue weighted by Crippen LogP contribution is 2.21. The second-order valence-corrected chi connectivity index (χ2v) is 5.01. The fourth-order valence-electron chi connectivity index (χ4n) is 1.73. The Morgan fingerprint density at radius 3 is 2.45 bits per heavy atom. The van der Waals surface area contributed by atoms with Gasteiger partial charge in [-0.2, -0.15) is 5.10 Å². The van der Waals surface area contributed by atoms with Gasteiger partial charge in [0.2, 0.25) is 5.95 Å². The number of para-hydroxylation sites is 1. The van der Waals surface area contributed by atoms with Gasteiger partial charge in [-0.1, -0.05) is 30.4 Å². The summed E-state index contributed by atoms with van der Waals surface area (Å²) in [7, 11) is 0. The van der Waals surface area contributed by atoms with E-state index in [2.05, 4.69) is 15.2 Å². The average molecular weight is 287 g/mol. The molecule has 1 aromatic carbocycles. The van der Waals surface area contributed by atoms with E-state index in [-0.39, 0.29) is 0 Å². The number of hydrogen-bond acceptors (Lipinski definition) is 5. The van der Waals surface area contributed by atoms with Gasteiger partial charge < -0.3 is 10.6 Å². The van der Waals surface area contributed by atoms with Crippen LogP contribution in [0.2, 0.25) is 0 Å². The van der Waals surface area contributed by atoms with Gasteiger partial charge in [-0.15, -0.1) is 5.10 Å². The molecule has 0 amide bonds. The third kappa shape index (κ3) is 3.48. The summed E-state index contributed by atoms with van der Waals surface area (Å²) in [5, 5.41) is 8.31. The number of thiocarbonyl (C=S) groups is 1. The highest BCUT2D eigenvalue weighted by Gasteiger charge is 2.13. The van der Waals surface area contributed by atoms with E-state index in [1.807, 2.05) is 49.1 Å². The first-order chi connectivity index (χ1) is 9.58. The van der Waals surface area contributed by atoms with E-state index in [1.165, 1.54) is 0 Å². The van der Waals surface area contributed by atoms with Crippen molar-refractivity contribution < 1.29 is 0 Å². The van der Waals surface area contributed by atoms with Crippen molar-refractivity contribution in [3.05, 3.63) is 41.7 Å². The summed E-state index contributed by atoms with van der Waals surface area (Å²) in [6.07, 6.45) is 0.598. The lowest BCUT2D eigenvalue weighted by atomic mass is 10.2. The number of anilines is 2. The van der Waals surface area contributed by atoms with Crippen LogP contribution in [-0.2, 0) is 0 Å². The van der Waals surface area contributed by atoms with E-state index in [4.69, 9.17) is 18.0 Å². The van der Waals surface area contributed by atoms with Crippen LogP contribution in [-0.4, -0.2) is 26.7 Å². The molecule has 104 valence electrons. The minimum Gasteiger partial charge on any atom is -0.393 e. The third-order valence-electron chi connectivity index (χ3n) is 2.97. The van der Waals surface area contributed by atoms with Crippen molar-refractivity contribution in [1.82, 2.24) is 15.2 Å². The number of aromatic nitrogens is 3. The normalized spacial score (nSPS) is 10.3. The molecule has 0 bridgehead atoms. The van der Waals surface area contributed by atoms with Gasteiger partial charge in [0.25, 0.3) is 0 Å². The topological polar surface area (TPSA) is 67.9 Å². The maximum atomic E-state index is 5.60. The molecule has 0 saturated carbocycles. The Labute approximate surface area is 123 Å². The highest BCUT2D eigenvalue weighted by molar-refractivity contribution is 7.80. The molecule has 5 nitrogen and oxygen atoms in total. The van der Waals surface area contributed by atoms with Crippen molar-refractivity contribution in [3.8, 4) is 0 Å². The number of nitrogens with zero attached hydrogens (tertiary/aromatic N) is 4. The first-order valence-electron chi connectivity index (χ1n) is 6.36. The van der Waals surface area contributed by atoms with Crippen LogP contribution in [0.25, 0.3) is 0 Å². The monoisotopic (exact) mass is 287 g/mol. The summed E-state index contributed by atoms with van der Waals surface area (Å²) in [5.74, 6) is 0.565. The van der Waals surface area contributed by atoms with Crippen LogP contribution in [0.5, 0.6) is 0 Å². The number of nitrogens with two attached hydrogens (primary N) is 1. The minimum absolute atomic E-state index is 0.475. The molecule has 0 unspecified atom stereocenters. The van der Waals surface area contributed by atoms with E-state index in [0.29, 0.717) is 23.9 Å². The minimum atomic E-state index is 0.475. The van der Waals surface area contributed by atoms with Gasteiger partial charge in [0.15, 0.2) is 0 Å². The van der Waals surface area contributed by atoms with E-state index < -0.39 is 0 Å². The zero-order chi connectivity index (χ0) is 14.5. The van der Waals surface area contributed by atoms with Crippen molar-refractivity contribution in [3.63, 3.8) is 0 Å². The van der Waals surface area contributed by atoms with Gasteiger partial charge in [-0.3, -0.25) is 0 Å². The molecule has 1 heterocycles. The van der Waals surface area contributed by atoms with Crippen molar-refractivity contribution in [1.29, 1.82) is 0 Å². The molecule has 2 aromatic rings. The Bertz CT molecular complexity index is 600. The molecule has 20 heavy (non-hydrogen) atoms. The number of hydrogen-bond donors (Lipinski definition) is 1. The zero-order valence-corrected chi connectivity index (χ0v) is 12.4. The molecule has 0 aliphatic heterocycles. The number of aryl methyl sites for hydroxylation is 2. The smallest absolute Gasteiger partial charge is 0.250 e. The summed E-state index contributed by atoms with van der Waals surface area (Å²) in [6, 6.07) is 9.90. The molecule has 0 saturated heterocycles. The van der Waals surface area contributed by atoms with E-state index in [1.54, 1.807) is 0 Å². The predicted octanol–water partition coefficient (Wildman–Crippen LogP) is 2.30. The quantitative estimate of drug-likeness (QED) is 0.851. The van der Waals surface area contributed by atoms with Crippen molar-refractivity contribution >= 4 is 28.8 Å². The van der Waals surface area contributed by atoms with Crippen LogP contribution in [0, 0.1) is 13.8 Å². The Balaban J connectivity index is 2.35. The molecule has 6 heteroatoms. The van der Waals surface area contributed by atoms with Gasteiger partial charge in [0.05, 0.1) is 16.4 Å². The summed E-state index contributed by atoms with van der Waals surface area (Å²) < 4.78 is 0. The Kier molecular flexibility index (Phi) is 4.57. The lowest BCUT2D eigenvalue weighted by Crippen LogP contribution is -2.25. The molecule has 2 N–H and O–H groups in total. The Morgan fingerprint density at radius 2 is 1.85 bits per heavy atom. The maximum Gasteiger partial charge on any atom is 0.250 e. The van der Waals surface area contributed by atoms with E-state index in [0.717, 1.165) is 17.1 Å². The fraction of sp³-hybridized carbons (Fsp3) is 0.286. The Hall–Kier alpha value is -2.08. The highest BCUT2D eigenvalue weighted by atomic mass is 32.1. The van der Waals surface area contributed by atoms with Crippen LogP contribution in [0.3, 0.4) is 0 Å². The van der Waals surface area contributed by atoms with Crippen molar-refractivity contribution in [2.45, 2.75) is 20.3 Å². The molecule has 0 spiro atoms. The molecule has 1 aromatic heterocycles. The van der Waals surface area contributed by atoms with E-state index in [9.17, 15) is 0 Å². The molecule has 0 aliphatic rings. The van der Waals surface area contributed by atoms with Crippen LogP contribution < -0.4 is 10.6 Å². The lowest BCUT2D eigenvalue weighted by molar-refractivity contribution is 0.832. The molecule has 0 atom stereocenters. The maximum absolute atomic E-state index is 5.60. The number of rotatable bonds is 5. The largest absolute Gasteiger partial charge is 0.393 e. The standard InChI is InChI=1S/C14H17N5S/c1-10-11(2)17-18-14(16-10)19(9-8-13(15)20)12-6-4-3-5-7-12/h3-7H,8-9H2,1-2H3,(H2,15,20). The molecule has 2 rings (SSSR count). The summed E-state index contributed by atoms with van der Waals surface area (Å²) in [5.41, 5.74) is 8.29. The second-order valence-electron chi connectivity index (χ2n) is 4.49. The SMILES string of the molecule is Cc1nnc(N(CCC(N)=S)c2ccccc2)nc1C. The van der Waals surface area contributed by atoms with Gasteiger partial charge in [0, 0.05) is 18.7 Å². The predicted molar refractivity (Wildman–Crippen MR) is 84.2 cm³/mol. The molecular formula is C14H17N5S. The first-order valence-corrected chi connectivity index (χ1v) is 6.77. The third-order valence-corrected chi connectivity index (χ3v) is 3.18. The fourth-order valence-corrected chi connectivity index (χ4v) is 1.83. The summed E-state index contributed by atoms with van der Waals surface area (Å²) >= 11 is 4.96. The average Bonchev–Trinajstić information content (AvgIpc) is 2.44.